The van der Waals surface area contributed by atoms with Gasteiger partial charge in [-0.15, -0.1) is 0 Å². The molecule has 110 valence electrons. The largest absolute Gasteiger partial charge is 0.322 e. The first-order chi connectivity index (χ1) is 10.1. The zero-order valence-corrected chi connectivity index (χ0v) is 11.6. The normalized spacial score (nSPS) is 10.4. The second-order valence-electron chi connectivity index (χ2n) is 4.52. The maximum absolute atomic E-state index is 13.2. The number of carbonyl (C=O) groups is 1. The molecule has 21 heavy (non-hydrogen) atoms. The summed E-state index contributed by atoms with van der Waals surface area (Å²) >= 11 is 0. The monoisotopic (exact) mass is 290 g/mol. The Morgan fingerprint density at radius 1 is 1.10 bits per heavy atom. The first kappa shape index (κ1) is 15.1. The van der Waals surface area contributed by atoms with Gasteiger partial charge in [0.25, 0.3) is 5.91 Å². The molecule has 2 rings (SSSR count). The number of halogens is 2. The van der Waals surface area contributed by atoms with Gasteiger partial charge in [0.15, 0.2) is 11.6 Å². The highest BCUT2D eigenvalue weighted by Gasteiger charge is 2.11. The van der Waals surface area contributed by atoms with Gasteiger partial charge in [-0.3, -0.25) is 4.79 Å². The minimum atomic E-state index is -1.04. The van der Waals surface area contributed by atoms with Crippen LogP contribution in [0.15, 0.2) is 42.5 Å². The Morgan fingerprint density at radius 3 is 2.57 bits per heavy atom. The Kier molecular flexibility index (Phi) is 5.00. The van der Waals surface area contributed by atoms with Crippen LogP contribution >= 0.6 is 0 Å². The molecule has 0 fully saturated rings. The number of benzene rings is 2. The Labute approximate surface area is 122 Å². The van der Waals surface area contributed by atoms with Crippen molar-refractivity contribution >= 4 is 11.6 Å². The van der Waals surface area contributed by atoms with Crippen molar-refractivity contribution in [2.75, 3.05) is 11.9 Å². The fourth-order valence-electron chi connectivity index (χ4n) is 1.89. The van der Waals surface area contributed by atoms with Crippen LogP contribution < -0.4 is 10.6 Å². The molecule has 0 aliphatic heterocycles. The Hall–Kier alpha value is -2.27. The van der Waals surface area contributed by atoms with Crippen LogP contribution in [0.3, 0.4) is 0 Å². The van der Waals surface area contributed by atoms with E-state index in [9.17, 15) is 13.6 Å². The molecule has 0 unspecified atom stereocenters. The van der Waals surface area contributed by atoms with E-state index < -0.39 is 17.5 Å². The minimum Gasteiger partial charge on any atom is -0.322 e. The summed E-state index contributed by atoms with van der Waals surface area (Å²) in [6.45, 7) is 3.42. The van der Waals surface area contributed by atoms with Gasteiger partial charge >= 0.3 is 0 Å². The van der Waals surface area contributed by atoms with Gasteiger partial charge in [-0.25, -0.2) is 8.78 Å². The van der Waals surface area contributed by atoms with Crippen LogP contribution in [0, 0.1) is 11.6 Å². The van der Waals surface area contributed by atoms with Gasteiger partial charge in [0, 0.05) is 17.8 Å². The van der Waals surface area contributed by atoms with Gasteiger partial charge in [0.1, 0.15) is 0 Å². The molecule has 0 aliphatic rings. The van der Waals surface area contributed by atoms with Gasteiger partial charge in [0.2, 0.25) is 0 Å². The van der Waals surface area contributed by atoms with Crippen LogP contribution in [0.2, 0.25) is 0 Å². The lowest BCUT2D eigenvalue weighted by atomic mass is 10.1. The highest BCUT2D eigenvalue weighted by atomic mass is 19.2. The van der Waals surface area contributed by atoms with E-state index in [1.165, 1.54) is 6.07 Å². The van der Waals surface area contributed by atoms with Crippen molar-refractivity contribution in [3.63, 3.8) is 0 Å². The molecule has 0 aliphatic carbocycles. The lowest BCUT2D eigenvalue weighted by Gasteiger charge is -2.11. The lowest BCUT2D eigenvalue weighted by Crippen LogP contribution is -2.17. The van der Waals surface area contributed by atoms with Crippen molar-refractivity contribution in [1.29, 1.82) is 0 Å². The number of para-hydroxylation sites is 1. The molecule has 2 aromatic rings. The van der Waals surface area contributed by atoms with E-state index in [-0.39, 0.29) is 5.56 Å². The van der Waals surface area contributed by atoms with Crippen LogP contribution in [0.1, 0.15) is 22.8 Å². The van der Waals surface area contributed by atoms with Gasteiger partial charge in [0.05, 0.1) is 0 Å². The zero-order chi connectivity index (χ0) is 15.2. The van der Waals surface area contributed by atoms with Crippen LogP contribution in [0.5, 0.6) is 0 Å². The molecule has 2 N–H and O–H groups in total. The van der Waals surface area contributed by atoms with Gasteiger partial charge in [-0.05, 0) is 36.4 Å². The molecule has 0 saturated carbocycles. The minimum absolute atomic E-state index is 0.0761. The second-order valence-corrected chi connectivity index (χ2v) is 4.52. The van der Waals surface area contributed by atoms with E-state index in [1.807, 2.05) is 19.1 Å². The third kappa shape index (κ3) is 3.86. The summed E-state index contributed by atoms with van der Waals surface area (Å²) < 4.78 is 26.0. The Balaban J connectivity index is 2.17. The lowest BCUT2D eigenvalue weighted by molar-refractivity contribution is 0.102. The molecule has 0 saturated heterocycles. The number of rotatable bonds is 5. The molecule has 0 atom stereocenters. The highest BCUT2D eigenvalue weighted by Crippen LogP contribution is 2.17. The second kappa shape index (κ2) is 6.95. The predicted molar refractivity (Wildman–Crippen MR) is 78.1 cm³/mol. The van der Waals surface area contributed by atoms with Crippen molar-refractivity contribution in [2.45, 2.75) is 13.5 Å². The van der Waals surface area contributed by atoms with Crippen molar-refractivity contribution in [3.8, 4) is 0 Å². The summed E-state index contributed by atoms with van der Waals surface area (Å²) in [5, 5.41) is 5.89. The molecule has 0 bridgehead atoms. The van der Waals surface area contributed by atoms with E-state index in [0.29, 0.717) is 12.2 Å². The number of hydrogen-bond donors (Lipinski definition) is 2. The fourth-order valence-corrected chi connectivity index (χ4v) is 1.89. The molecular formula is C16H16F2N2O. The highest BCUT2D eigenvalue weighted by molar-refractivity contribution is 6.04. The Morgan fingerprint density at radius 2 is 1.86 bits per heavy atom. The fraction of sp³-hybridized carbons (Fsp3) is 0.188. The molecule has 1 amide bonds. The summed E-state index contributed by atoms with van der Waals surface area (Å²) in [6, 6.07) is 10.4. The predicted octanol–water partition coefficient (Wildman–Crippen LogP) is 3.33. The number of carbonyl (C=O) groups excluding carboxylic acids is 1. The first-order valence-corrected chi connectivity index (χ1v) is 6.67. The van der Waals surface area contributed by atoms with E-state index in [4.69, 9.17) is 0 Å². The molecule has 0 radical (unpaired) electrons. The topological polar surface area (TPSA) is 41.1 Å². The Bertz CT molecular complexity index is 644. The summed E-state index contributed by atoms with van der Waals surface area (Å²) in [6.07, 6.45) is 0. The molecule has 0 heterocycles. The SMILES string of the molecule is CCNCc1ccccc1NC(=O)c1ccc(F)c(F)c1. The third-order valence-electron chi connectivity index (χ3n) is 3.01. The van der Waals surface area contributed by atoms with Crippen molar-refractivity contribution < 1.29 is 13.6 Å². The summed E-state index contributed by atoms with van der Waals surface area (Å²) in [5.74, 6) is -2.49. The number of amides is 1. The maximum atomic E-state index is 13.2. The number of hydrogen-bond acceptors (Lipinski definition) is 2. The molecule has 0 spiro atoms. The summed E-state index contributed by atoms with van der Waals surface area (Å²) in [7, 11) is 0. The van der Waals surface area contributed by atoms with Gasteiger partial charge in [-0.2, -0.15) is 0 Å². The van der Waals surface area contributed by atoms with Crippen LogP contribution in [0.25, 0.3) is 0 Å². The standard InChI is InChI=1S/C16H16F2N2O/c1-2-19-10-12-5-3-4-6-15(12)20-16(21)11-7-8-13(17)14(18)9-11/h3-9,19H,2,10H2,1H3,(H,20,21). The molecule has 3 nitrogen and oxygen atoms in total. The third-order valence-corrected chi connectivity index (χ3v) is 3.01. The zero-order valence-electron chi connectivity index (χ0n) is 11.6. The summed E-state index contributed by atoms with van der Waals surface area (Å²) in [5.41, 5.74) is 1.65. The average molecular weight is 290 g/mol. The molecule has 5 heteroatoms. The van der Waals surface area contributed by atoms with Crippen LogP contribution in [-0.2, 0) is 6.54 Å². The number of anilines is 1. The summed E-state index contributed by atoms with van der Waals surface area (Å²) in [4.78, 5) is 12.1. The van der Waals surface area contributed by atoms with Crippen LogP contribution in [-0.4, -0.2) is 12.5 Å². The van der Waals surface area contributed by atoms with E-state index in [0.717, 1.165) is 24.2 Å². The van der Waals surface area contributed by atoms with Crippen molar-refractivity contribution in [3.05, 3.63) is 65.2 Å². The van der Waals surface area contributed by atoms with Crippen molar-refractivity contribution in [2.24, 2.45) is 0 Å². The van der Waals surface area contributed by atoms with Crippen LogP contribution in [0.4, 0.5) is 14.5 Å². The van der Waals surface area contributed by atoms with Gasteiger partial charge < -0.3 is 10.6 Å². The first-order valence-electron chi connectivity index (χ1n) is 6.67. The number of nitrogens with one attached hydrogen (secondary N) is 2. The van der Waals surface area contributed by atoms with Gasteiger partial charge in [-0.1, -0.05) is 25.1 Å². The smallest absolute Gasteiger partial charge is 0.255 e. The molecular weight excluding hydrogens is 274 g/mol. The van der Waals surface area contributed by atoms with E-state index in [2.05, 4.69) is 10.6 Å². The molecule has 2 aromatic carbocycles. The van der Waals surface area contributed by atoms with E-state index in [1.54, 1.807) is 12.1 Å². The average Bonchev–Trinajstić information content (AvgIpc) is 2.49. The van der Waals surface area contributed by atoms with E-state index >= 15 is 0 Å². The quantitative estimate of drug-likeness (QED) is 0.887. The maximum Gasteiger partial charge on any atom is 0.255 e. The molecule has 0 aromatic heterocycles. The van der Waals surface area contributed by atoms with Crippen molar-refractivity contribution in [1.82, 2.24) is 5.32 Å².